The summed E-state index contributed by atoms with van der Waals surface area (Å²) >= 11 is 0. The summed E-state index contributed by atoms with van der Waals surface area (Å²) in [5, 5.41) is 3.04. The van der Waals surface area contributed by atoms with Crippen LogP contribution in [0.25, 0.3) is 0 Å². The highest BCUT2D eigenvalue weighted by Crippen LogP contribution is 2.22. The number of ether oxygens (including phenoxy) is 1. The van der Waals surface area contributed by atoms with E-state index < -0.39 is 0 Å². The molecular formula is C21H27NO2. The molecule has 1 atom stereocenters. The van der Waals surface area contributed by atoms with Gasteiger partial charge < -0.3 is 10.1 Å². The van der Waals surface area contributed by atoms with E-state index in [1.54, 1.807) is 0 Å². The number of carbonyl (C=O) groups is 1. The van der Waals surface area contributed by atoms with E-state index in [4.69, 9.17) is 4.74 Å². The SMILES string of the molecule is CCOc1ccc([C@@H](C)NC(=O)c2ccc(C(C)(C)C)cc2)cc1. The molecule has 3 heteroatoms. The lowest BCUT2D eigenvalue weighted by Gasteiger charge is -2.19. The monoisotopic (exact) mass is 325 g/mol. The zero-order valence-electron chi connectivity index (χ0n) is 15.2. The first-order valence-corrected chi connectivity index (χ1v) is 8.45. The van der Waals surface area contributed by atoms with Gasteiger partial charge in [0.05, 0.1) is 12.6 Å². The van der Waals surface area contributed by atoms with E-state index in [0.29, 0.717) is 12.2 Å². The zero-order valence-corrected chi connectivity index (χ0v) is 15.2. The van der Waals surface area contributed by atoms with E-state index in [9.17, 15) is 4.79 Å². The number of rotatable bonds is 5. The third kappa shape index (κ3) is 4.60. The predicted octanol–water partition coefficient (Wildman–Crippen LogP) is 4.87. The van der Waals surface area contributed by atoms with Crippen molar-refractivity contribution in [3.8, 4) is 5.75 Å². The molecule has 2 rings (SSSR count). The first-order chi connectivity index (χ1) is 11.3. The van der Waals surface area contributed by atoms with Gasteiger partial charge in [-0.1, -0.05) is 45.0 Å². The number of benzene rings is 2. The Kier molecular flexibility index (Phi) is 5.66. The van der Waals surface area contributed by atoms with Crippen molar-refractivity contribution in [2.75, 3.05) is 6.61 Å². The Morgan fingerprint density at radius 3 is 2.12 bits per heavy atom. The molecule has 24 heavy (non-hydrogen) atoms. The summed E-state index contributed by atoms with van der Waals surface area (Å²) in [5.74, 6) is 0.786. The van der Waals surface area contributed by atoms with Crippen molar-refractivity contribution in [2.45, 2.75) is 46.1 Å². The maximum Gasteiger partial charge on any atom is 0.251 e. The fourth-order valence-electron chi connectivity index (χ4n) is 2.50. The second kappa shape index (κ2) is 7.52. The molecule has 0 heterocycles. The molecule has 0 aliphatic rings. The number of carbonyl (C=O) groups excluding carboxylic acids is 1. The molecule has 1 N–H and O–H groups in total. The molecule has 3 nitrogen and oxygen atoms in total. The molecule has 0 aromatic heterocycles. The first-order valence-electron chi connectivity index (χ1n) is 8.45. The fraction of sp³-hybridized carbons (Fsp3) is 0.381. The minimum absolute atomic E-state index is 0.0585. The van der Waals surface area contributed by atoms with Gasteiger partial charge in [0, 0.05) is 5.56 Å². The average molecular weight is 325 g/mol. The third-order valence-electron chi connectivity index (χ3n) is 4.05. The summed E-state index contributed by atoms with van der Waals surface area (Å²) in [6, 6.07) is 15.6. The molecule has 0 radical (unpaired) electrons. The molecule has 2 aromatic rings. The van der Waals surface area contributed by atoms with Crippen molar-refractivity contribution >= 4 is 5.91 Å². The maximum atomic E-state index is 12.4. The summed E-state index contributed by atoms with van der Waals surface area (Å²) in [6.07, 6.45) is 0. The largest absolute Gasteiger partial charge is 0.494 e. The third-order valence-corrected chi connectivity index (χ3v) is 4.05. The fourth-order valence-corrected chi connectivity index (χ4v) is 2.50. The lowest BCUT2D eigenvalue weighted by atomic mass is 9.86. The summed E-state index contributed by atoms with van der Waals surface area (Å²) in [5.41, 5.74) is 3.04. The van der Waals surface area contributed by atoms with E-state index >= 15 is 0 Å². The van der Waals surface area contributed by atoms with Crippen molar-refractivity contribution in [2.24, 2.45) is 0 Å². The molecule has 0 spiro atoms. The summed E-state index contributed by atoms with van der Waals surface area (Å²) in [7, 11) is 0. The molecule has 128 valence electrons. The van der Waals surface area contributed by atoms with Crippen LogP contribution >= 0.6 is 0 Å². The molecule has 0 aliphatic carbocycles. The van der Waals surface area contributed by atoms with Crippen LogP contribution in [0, 0.1) is 0 Å². The normalized spacial score (nSPS) is 12.5. The summed E-state index contributed by atoms with van der Waals surface area (Å²) < 4.78 is 5.44. The van der Waals surface area contributed by atoms with E-state index in [-0.39, 0.29) is 17.4 Å². The second-order valence-corrected chi connectivity index (χ2v) is 7.02. The topological polar surface area (TPSA) is 38.3 Å². The average Bonchev–Trinajstić information content (AvgIpc) is 2.55. The maximum absolute atomic E-state index is 12.4. The van der Waals surface area contributed by atoms with Crippen LogP contribution in [0.15, 0.2) is 48.5 Å². The summed E-state index contributed by atoms with van der Waals surface area (Å²) in [4.78, 5) is 12.4. The van der Waals surface area contributed by atoms with Crippen molar-refractivity contribution in [1.29, 1.82) is 0 Å². The number of hydrogen-bond acceptors (Lipinski definition) is 2. The van der Waals surface area contributed by atoms with Crippen molar-refractivity contribution in [3.05, 3.63) is 65.2 Å². The highest BCUT2D eigenvalue weighted by Gasteiger charge is 2.15. The van der Waals surface area contributed by atoms with Gasteiger partial charge in [-0.2, -0.15) is 0 Å². The standard InChI is InChI=1S/C21H27NO2/c1-6-24-19-13-9-16(10-14-19)15(2)22-20(23)17-7-11-18(12-8-17)21(3,4)5/h7-15H,6H2,1-5H3,(H,22,23)/t15-/m1/s1. The van der Waals surface area contributed by atoms with Crippen LogP contribution in [0.2, 0.25) is 0 Å². The van der Waals surface area contributed by atoms with Crippen LogP contribution in [-0.4, -0.2) is 12.5 Å². The summed E-state index contributed by atoms with van der Waals surface area (Å²) in [6.45, 7) is 11.1. The molecule has 0 fully saturated rings. The van der Waals surface area contributed by atoms with Crippen molar-refractivity contribution in [1.82, 2.24) is 5.32 Å². The predicted molar refractivity (Wildman–Crippen MR) is 98.6 cm³/mol. The zero-order chi connectivity index (χ0) is 17.7. The molecule has 2 aromatic carbocycles. The van der Waals surface area contributed by atoms with E-state index in [1.165, 1.54) is 5.56 Å². The highest BCUT2D eigenvalue weighted by atomic mass is 16.5. The van der Waals surface area contributed by atoms with Gasteiger partial charge in [-0.15, -0.1) is 0 Å². The van der Waals surface area contributed by atoms with Gasteiger partial charge in [-0.25, -0.2) is 0 Å². The van der Waals surface area contributed by atoms with Gasteiger partial charge >= 0.3 is 0 Å². The minimum atomic E-state index is -0.0598. The number of amides is 1. The molecule has 0 saturated carbocycles. The lowest BCUT2D eigenvalue weighted by molar-refractivity contribution is 0.0940. The van der Waals surface area contributed by atoms with Crippen LogP contribution in [0.5, 0.6) is 5.75 Å². The Morgan fingerprint density at radius 2 is 1.62 bits per heavy atom. The molecule has 0 unspecified atom stereocenters. The van der Waals surface area contributed by atoms with Crippen molar-refractivity contribution in [3.63, 3.8) is 0 Å². The molecule has 0 aliphatic heterocycles. The first kappa shape index (κ1) is 18.1. The highest BCUT2D eigenvalue weighted by molar-refractivity contribution is 5.94. The van der Waals surface area contributed by atoms with Gasteiger partial charge in [-0.3, -0.25) is 4.79 Å². The quantitative estimate of drug-likeness (QED) is 0.851. The lowest BCUT2D eigenvalue weighted by Crippen LogP contribution is -2.26. The van der Waals surface area contributed by atoms with Crippen molar-refractivity contribution < 1.29 is 9.53 Å². The van der Waals surface area contributed by atoms with Crippen LogP contribution in [-0.2, 0) is 5.41 Å². The Hall–Kier alpha value is -2.29. The van der Waals surface area contributed by atoms with Crippen LogP contribution < -0.4 is 10.1 Å². The molecule has 0 saturated heterocycles. The minimum Gasteiger partial charge on any atom is -0.494 e. The Labute approximate surface area is 145 Å². The van der Waals surface area contributed by atoms with Crippen LogP contribution in [0.1, 0.15) is 62.1 Å². The number of hydrogen-bond donors (Lipinski definition) is 1. The molecular weight excluding hydrogens is 298 g/mol. The van der Waals surface area contributed by atoms with Gasteiger partial charge in [0.25, 0.3) is 5.91 Å². The molecule has 0 bridgehead atoms. The van der Waals surface area contributed by atoms with Crippen LogP contribution in [0.3, 0.4) is 0 Å². The number of nitrogens with one attached hydrogen (secondary N) is 1. The van der Waals surface area contributed by atoms with E-state index in [2.05, 4.69) is 26.1 Å². The van der Waals surface area contributed by atoms with Gasteiger partial charge in [-0.05, 0) is 54.7 Å². The van der Waals surface area contributed by atoms with E-state index in [0.717, 1.165) is 11.3 Å². The second-order valence-electron chi connectivity index (χ2n) is 7.02. The molecule has 1 amide bonds. The van der Waals surface area contributed by atoms with Gasteiger partial charge in [0.1, 0.15) is 5.75 Å². The van der Waals surface area contributed by atoms with Crippen LogP contribution in [0.4, 0.5) is 0 Å². The van der Waals surface area contributed by atoms with Gasteiger partial charge in [0.2, 0.25) is 0 Å². The Balaban J connectivity index is 2.03. The van der Waals surface area contributed by atoms with E-state index in [1.807, 2.05) is 62.4 Å². The smallest absolute Gasteiger partial charge is 0.251 e. The van der Waals surface area contributed by atoms with Gasteiger partial charge in [0.15, 0.2) is 0 Å². The Morgan fingerprint density at radius 1 is 1.04 bits per heavy atom. The Bertz CT molecular complexity index is 666.